The SMILES string of the molecule is CCCCN1C(=O)C[C@@H](C(=O)Nc2cccc(C(=O)NC3CC3)c2)[C@H]1c1ccc(OC)cc1. The van der Waals surface area contributed by atoms with Gasteiger partial charge in [0.15, 0.2) is 0 Å². The standard InChI is InChI=1S/C26H31N3O4/c1-3-4-14-29-23(30)16-22(24(29)17-8-12-21(33-2)13-9-17)26(32)28-20-7-5-6-18(15-20)25(31)27-19-10-11-19/h5-9,12-13,15,19,22,24H,3-4,10-11,14,16H2,1-2H3,(H,27,31)(H,28,32)/t22-,24-/m1/s1. The van der Waals surface area contributed by atoms with Crippen LogP contribution in [0.25, 0.3) is 0 Å². The average Bonchev–Trinajstić information content (AvgIpc) is 3.58. The number of amides is 3. The molecule has 7 heteroatoms. The van der Waals surface area contributed by atoms with E-state index in [2.05, 4.69) is 17.6 Å². The van der Waals surface area contributed by atoms with Gasteiger partial charge in [0.25, 0.3) is 5.91 Å². The second kappa shape index (κ2) is 10.1. The number of methoxy groups -OCH3 is 1. The molecule has 2 aliphatic rings. The summed E-state index contributed by atoms with van der Waals surface area (Å²) in [7, 11) is 1.61. The summed E-state index contributed by atoms with van der Waals surface area (Å²) < 4.78 is 5.26. The van der Waals surface area contributed by atoms with Crippen molar-refractivity contribution in [2.24, 2.45) is 5.92 Å². The largest absolute Gasteiger partial charge is 0.497 e. The second-order valence-corrected chi connectivity index (χ2v) is 8.79. The third kappa shape index (κ3) is 5.35. The van der Waals surface area contributed by atoms with Gasteiger partial charge in [0.2, 0.25) is 11.8 Å². The van der Waals surface area contributed by atoms with Gasteiger partial charge >= 0.3 is 0 Å². The Hall–Kier alpha value is -3.35. The van der Waals surface area contributed by atoms with Gasteiger partial charge in [0, 0.05) is 30.3 Å². The van der Waals surface area contributed by atoms with E-state index in [1.165, 1.54) is 0 Å². The molecule has 1 saturated heterocycles. The molecule has 1 aliphatic carbocycles. The normalized spacial score (nSPS) is 19.9. The fourth-order valence-electron chi connectivity index (χ4n) is 4.30. The van der Waals surface area contributed by atoms with Gasteiger partial charge in [-0.15, -0.1) is 0 Å². The Balaban J connectivity index is 1.54. The van der Waals surface area contributed by atoms with Gasteiger partial charge in [-0.2, -0.15) is 0 Å². The number of ether oxygens (including phenoxy) is 1. The zero-order valence-electron chi connectivity index (χ0n) is 19.2. The van der Waals surface area contributed by atoms with Gasteiger partial charge in [-0.3, -0.25) is 14.4 Å². The lowest BCUT2D eigenvalue weighted by atomic mass is 9.92. The minimum absolute atomic E-state index is 0.0121. The fraction of sp³-hybridized carbons (Fsp3) is 0.423. The molecule has 1 aliphatic heterocycles. The van der Waals surface area contributed by atoms with E-state index in [-0.39, 0.29) is 36.2 Å². The van der Waals surface area contributed by atoms with Crippen molar-refractivity contribution in [2.45, 2.75) is 51.1 Å². The predicted molar refractivity (Wildman–Crippen MR) is 126 cm³/mol. The van der Waals surface area contributed by atoms with E-state index in [1.807, 2.05) is 29.2 Å². The van der Waals surface area contributed by atoms with Crippen molar-refractivity contribution in [1.29, 1.82) is 0 Å². The van der Waals surface area contributed by atoms with Crippen LogP contribution in [0.2, 0.25) is 0 Å². The molecule has 0 unspecified atom stereocenters. The molecule has 2 atom stereocenters. The van der Waals surface area contributed by atoms with Gasteiger partial charge < -0.3 is 20.3 Å². The highest BCUT2D eigenvalue weighted by molar-refractivity contribution is 6.00. The van der Waals surface area contributed by atoms with Crippen molar-refractivity contribution in [3.8, 4) is 5.75 Å². The Kier molecular flexibility index (Phi) is 6.96. The third-order valence-corrected chi connectivity index (χ3v) is 6.28. The van der Waals surface area contributed by atoms with Gasteiger partial charge in [-0.25, -0.2) is 0 Å². The quantitative estimate of drug-likeness (QED) is 0.608. The summed E-state index contributed by atoms with van der Waals surface area (Å²) in [4.78, 5) is 40.4. The molecule has 1 heterocycles. The lowest BCUT2D eigenvalue weighted by molar-refractivity contribution is -0.129. The molecule has 2 aromatic carbocycles. The first-order chi connectivity index (χ1) is 16.0. The molecule has 0 aromatic heterocycles. The Labute approximate surface area is 194 Å². The van der Waals surface area contributed by atoms with E-state index in [9.17, 15) is 14.4 Å². The number of likely N-dealkylation sites (tertiary alicyclic amines) is 1. The van der Waals surface area contributed by atoms with Gasteiger partial charge in [-0.05, 0) is 55.2 Å². The maximum absolute atomic E-state index is 13.3. The van der Waals surface area contributed by atoms with Crippen LogP contribution in [0.5, 0.6) is 5.75 Å². The fourth-order valence-corrected chi connectivity index (χ4v) is 4.30. The highest BCUT2D eigenvalue weighted by Crippen LogP contribution is 2.39. The number of hydrogen-bond donors (Lipinski definition) is 2. The van der Waals surface area contributed by atoms with Crippen LogP contribution in [-0.4, -0.2) is 42.3 Å². The van der Waals surface area contributed by atoms with E-state index in [4.69, 9.17) is 4.74 Å². The zero-order chi connectivity index (χ0) is 23.4. The van der Waals surface area contributed by atoms with E-state index in [1.54, 1.807) is 31.4 Å². The molecule has 0 radical (unpaired) electrons. The number of hydrogen-bond acceptors (Lipinski definition) is 4. The number of carbonyl (C=O) groups excluding carboxylic acids is 3. The van der Waals surface area contributed by atoms with E-state index < -0.39 is 5.92 Å². The van der Waals surface area contributed by atoms with Crippen molar-refractivity contribution in [2.75, 3.05) is 19.0 Å². The molecule has 0 spiro atoms. The number of unbranched alkanes of at least 4 members (excludes halogenated alkanes) is 1. The Morgan fingerprint density at radius 1 is 1.12 bits per heavy atom. The van der Waals surface area contributed by atoms with Crippen LogP contribution in [0, 0.1) is 5.92 Å². The third-order valence-electron chi connectivity index (χ3n) is 6.28. The Morgan fingerprint density at radius 2 is 1.88 bits per heavy atom. The molecule has 2 N–H and O–H groups in total. The van der Waals surface area contributed by atoms with Crippen molar-refractivity contribution in [1.82, 2.24) is 10.2 Å². The summed E-state index contributed by atoms with van der Waals surface area (Å²) in [5.74, 6) is -0.159. The summed E-state index contributed by atoms with van der Waals surface area (Å²) in [6.07, 6.45) is 4.03. The predicted octanol–water partition coefficient (Wildman–Crippen LogP) is 3.92. The van der Waals surface area contributed by atoms with Gasteiger partial charge in [0.05, 0.1) is 19.1 Å². The summed E-state index contributed by atoms with van der Waals surface area (Å²) in [5.41, 5.74) is 1.98. The number of nitrogens with one attached hydrogen (secondary N) is 2. The lowest BCUT2D eigenvalue weighted by Gasteiger charge is -2.28. The van der Waals surface area contributed by atoms with E-state index in [0.29, 0.717) is 17.8 Å². The minimum Gasteiger partial charge on any atom is -0.497 e. The Bertz CT molecular complexity index is 1020. The first kappa shape index (κ1) is 22.8. The summed E-state index contributed by atoms with van der Waals surface area (Å²) in [6.45, 7) is 2.70. The average molecular weight is 450 g/mol. The van der Waals surface area contributed by atoms with E-state index >= 15 is 0 Å². The molecule has 0 bridgehead atoms. The molecule has 2 fully saturated rings. The van der Waals surface area contributed by atoms with Crippen molar-refractivity contribution in [3.05, 3.63) is 59.7 Å². The smallest absolute Gasteiger partial charge is 0.251 e. The van der Waals surface area contributed by atoms with Crippen LogP contribution in [-0.2, 0) is 9.59 Å². The van der Waals surface area contributed by atoms with Crippen molar-refractivity contribution in [3.63, 3.8) is 0 Å². The molecule has 1 saturated carbocycles. The van der Waals surface area contributed by atoms with Crippen molar-refractivity contribution >= 4 is 23.4 Å². The zero-order valence-corrected chi connectivity index (χ0v) is 19.2. The molecule has 4 rings (SSSR count). The number of benzene rings is 2. The molecule has 33 heavy (non-hydrogen) atoms. The van der Waals surface area contributed by atoms with Gasteiger partial charge in [-0.1, -0.05) is 31.5 Å². The minimum atomic E-state index is -0.522. The number of carbonyl (C=O) groups is 3. The number of rotatable bonds is 9. The molecule has 3 amide bonds. The summed E-state index contributed by atoms with van der Waals surface area (Å²) in [5, 5.41) is 5.91. The molecule has 2 aromatic rings. The van der Waals surface area contributed by atoms with Gasteiger partial charge in [0.1, 0.15) is 5.75 Å². The van der Waals surface area contributed by atoms with E-state index in [0.717, 1.165) is 37.0 Å². The highest BCUT2D eigenvalue weighted by atomic mass is 16.5. The van der Waals surface area contributed by atoms with Crippen LogP contribution in [0.1, 0.15) is 61.0 Å². The van der Waals surface area contributed by atoms with Crippen molar-refractivity contribution < 1.29 is 19.1 Å². The lowest BCUT2D eigenvalue weighted by Crippen LogP contribution is -2.33. The topological polar surface area (TPSA) is 87.7 Å². The number of anilines is 1. The molecular formula is C26H31N3O4. The van der Waals surface area contributed by atoms with Crippen LogP contribution in [0.4, 0.5) is 5.69 Å². The maximum Gasteiger partial charge on any atom is 0.251 e. The molecule has 174 valence electrons. The van der Waals surface area contributed by atoms with Crippen LogP contribution < -0.4 is 15.4 Å². The van der Waals surface area contributed by atoms with Crippen LogP contribution >= 0.6 is 0 Å². The second-order valence-electron chi connectivity index (χ2n) is 8.79. The Morgan fingerprint density at radius 3 is 2.55 bits per heavy atom. The summed E-state index contributed by atoms with van der Waals surface area (Å²) in [6, 6.07) is 14.4. The molecule has 7 nitrogen and oxygen atoms in total. The van der Waals surface area contributed by atoms with Crippen LogP contribution in [0.15, 0.2) is 48.5 Å². The highest BCUT2D eigenvalue weighted by Gasteiger charge is 2.44. The first-order valence-corrected chi connectivity index (χ1v) is 11.7. The maximum atomic E-state index is 13.3. The number of nitrogens with zero attached hydrogens (tertiary/aromatic N) is 1. The monoisotopic (exact) mass is 449 g/mol. The first-order valence-electron chi connectivity index (χ1n) is 11.7. The summed E-state index contributed by atoms with van der Waals surface area (Å²) >= 11 is 0. The molecular weight excluding hydrogens is 418 g/mol. The van der Waals surface area contributed by atoms with Crippen LogP contribution in [0.3, 0.4) is 0 Å².